The summed E-state index contributed by atoms with van der Waals surface area (Å²) in [4.78, 5) is 28.1. The van der Waals surface area contributed by atoms with Gasteiger partial charge >= 0.3 is 5.97 Å². The predicted octanol–water partition coefficient (Wildman–Crippen LogP) is -0.365. The van der Waals surface area contributed by atoms with Crippen LogP contribution in [0, 0.1) is 12.3 Å². The second kappa shape index (κ2) is 5.01. The maximum absolute atomic E-state index is 11.5. The van der Waals surface area contributed by atoms with Gasteiger partial charge in [-0.2, -0.15) is 5.90 Å². The Morgan fingerprint density at radius 2 is 2.27 bits per heavy atom. The molecule has 0 aromatic heterocycles. The number of rotatable bonds is 2. The van der Waals surface area contributed by atoms with Crippen molar-refractivity contribution in [3.05, 3.63) is 0 Å². The Morgan fingerprint density at radius 1 is 1.60 bits per heavy atom. The molecule has 0 saturated carbocycles. The van der Waals surface area contributed by atoms with E-state index in [1.165, 1.54) is 4.90 Å². The van der Waals surface area contributed by atoms with Crippen LogP contribution in [0.3, 0.4) is 0 Å². The number of hydrogen-bond acceptors (Lipinski definition) is 4. The van der Waals surface area contributed by atoms with Crippen LogP contribution in [0.5, 0.6) is 0 Å². The Morgan fingerprint density at radius 3 is 2.73 bits per heavy atom. The maximum atomic E-state index is 11.5. The lowest BCUT2D eigenvalue weighted by atomic mass is 10.2. The summed E-state index contributed by atoms with van der Waals surface area (Å²) in [5.41, 5.74) is 0. The minimum absolute atomic E-state index is 0.216. The number of halogens is 1. The minimum atomic E-state index is -0.706. The van der Waals surface area contributed by atoms with Crippen molar-refractivity contribution < 1.29 is 14.4 Å². The highest BCUT2D eigenvalue weighted by molar-refractivity contribution is 6.27. The van der Waals surface area contributed by atoms with Gasteiger partial charge in [-0.1, -0.05) is 5.92 Å². The first kappa shape index (κ1) is 11.8. The Bertz CT molecular complexity index is 313. The van der Waals surface area contributed by atoms with Crippen molar-refractivity contribution in [3.63, 3.8) is 0 Å². The largest absolute Gasteiger partial charge is 0.372 e. The van der Waals surface area contributed by atoms with E-state index in [9.17, 15) is 9.59 Å². The quantitative estimate of drug-likeness (QED) is 0.399. The summed E-state index contributed by atoms with van der Waals surface area (Å²) in [6, 6.07) is -1.11. The summed E-state index contributed by atoms with van der Waals surface area (Å²) < 4.78 is 0. The van der Waals surface area contributed by atoms with Gasteiger partial charge in [-0.15, -0.1) is 18.0 Å². The third kappa shape index (κ3) is 2.22. The SMILES string of the molecule is C#C[C@H]1CC[C@@H](C(=O)ON)N1C(=O)CCl. The molecule has 1 saturated heterocycles. The number of amides is 1. The number of nitrogens with two attached hydrogens (primary N) is 1. The van der Waals surface area contributed by atoms with Gasteiger partial charge in [0.1, 0.15) is 11.9 Å². The summed E-state index contributed by atoms with van der Waals surface area (Å²) >= 11 is 5.42. The maximum Gasteiger partial charge on any atom is 0.347 e. The zero-order chi connectivity index (χ0) is 11.4. The van der Waals surface area contributed by atoms with Crippen LogP contribution in [0.2, 0.25) is 0 Å². The van der Waals surface area contributed by atoms with Crippen molar-refractivity contribution in [1.29, 1.82) is 0 Å². The van der Waals surface area contributed by atoms with E-state index < -0.39 is 18.1 Å². The average Bonchev–Trinajstić information content (AvgIpc) is 2.70. The fourth-order valence-electron chi connectivity index (χ4n) is 1.70. The van der Waals surface area contributed by atoms with E-state index in [1.807, 2.05) is 0 Å². The number of likely N-dealkylation sites (tertiary alicyclic amines) is 1. The molecule has 0 bridgehead atoms. The first-order valence-corrected chi connectivity index (χ1v) is 4.93. The lowest BCUT2D eigenvalue weighted by Gasteiger charge is -2.24. The highest BCUT2D eigenvalue weighted by Gasteiger charge is 2.40. The first-order chi connectivity index (χ1) is 7.15. The topological polar surface area (TPSA) is 72.6 Å². The van der Waals surface area contributed by atoms with E-state index >= 15 is 0 Å². The fourth-order valence-corrected chi connectivity index (χ4v) is 1.84. The molecular weight excluding hydrogens is 220 g/mol. The molecule has 6 heteroatoms. The number of alkyl halides is 1. The summed E-state index contributed by atoms with van der Waals surface area (Å²) in [6.45, 7) is 0. The zero-order valence-electron chi connectivity index (χ0n) is 7.98. The Kier molecular flexibility index (Phi) is 3.95. The van der Waals surface area contributed by atoms with Crippen LogP contribution >= 0.6 is 11.6 Å². The van der Waals surface area contributed by atoms with Gasteiger partial charge in [0.05, 0.1) is 6.04 Å². The number of terminal acetylenes is 1. The fraction of sp³-hybridized carbons (Fsp3) is 0.556. The molecule has 0 aromatic carbocycles. The summed E-state index contributed by atoms with van der Waals surface area (Å²) in [5, 5.41) is 0. The van der Waals surface area contributed by atoms with Gasteiger partial charge in [0.2, 0.25) is 5.91 Å². The number of carbonyl (C=O) groups is 2. The predicted molar refractivity (Wildman–Crippen MR) is 53.5 cm³/mol. The van der Waals surface area contributed by atoms with E-state index in [1.54, 1.807) is 0 Å². The molecule has 0 spiro atoms. The molecule has 1 aliphatic heterocycles. The van der Waals surface area contributed by atoms with Gasteiger partial charge in [-0.05, 0) is 12.8 Å². The molecule has 1 heterocycles. The second-order valence-corrected chi connectivity index (χ2v) is 3.41. The molecule has 0 aliphatic carbocycles. The number of carbonyl (C=O) groups excluding carboxylic acids is 2. The summed E-state index contributed by atoms with van der Waals surface area (Å²) in [6.07, 6.45) is 6.26. The molecule has 0 aromatic rings. The molecule has 0 unspecified atom stereocenters. The second-order valence-electron chi connectivity index (χ2n) is 3.15. The molecule has 1 amide bonds. The van der Waals surface area contributed by atoms with Crippen molar-refractivity contribution >= 4 is 23.5 Å². The van der Waals surface area contributed by atoms with E-state index in [4.69, 9.17) is 23.9 Å². The normalized spacial score (nSPS) is 24.7. The first-order valence-electron chi connectivity index (χ1n) is 4.39. The highest BCUT2D eigenvalue weighted by Crippen LogP contribution is 2.24. The van der Waals surface area contributed by atoms with Crippen LogP contribution in [0.25, 0.3) is 0 Å². The van der Waals surface area contributed by atoms with Crippen LogP contribution in [-0.4, -0.2) is 34.7 Å². The molecule has 15 heavy (non-hydrogen) atoms. The van der Waals surface area contributed by atoms with Crippen LogP contribution in [0.1, 0.15) is 12.8 Å². The molecule has 2 N–H and O–H groups in total. The molecule has 2 atom stereocenters. The number of nitrogens with zero attached hydrogens (tertiary/aromatic N) is 1. The van der Waals surface area contributed by atoms with Crippen LogP contribution in [0.4, 0.5) is 0 Å². The lowest BCUT2D eigenvalue weighted by Crippen LogP contribution is -2.46. The van der Waals surface area contributed by atoms with Crippen molar-refractivity contribution in [1.82, 2.24) is 4.90 Å². The molecule has 1 rings (SSSR count). The lowest BCUT2D eigenvalue weighted by molar-refractivity contribution is -0.153. The Balaban J connectivity index is 2.86. The van der Waals surface area contributed by atoms with E-state index in [-0.39, 0.29) is 11.8 Å². The Hall–Kier alpha value is -1.25. The average molecular weight is 231 g/mol. The highest BCUT2D eigenvalue weighted by atomic mass is 35.5. The zero-order valence-corrected chi connectivity index (χ0v) is 8.74. The minimum Gasteiger partial charge on any atom is -0.372 e. The standard InChI is InChI=1S/C9H11ClN2O3/c1-2-6-3-4-7(9(14)15-11)12(6)8(13)5-10/h1,6-7H,3-5,11H2/t6-,7-/m0/s1. The smallest absolute Gasteiger partial charge is 0.347 e. The van der Waals surface area contributed by atoms with Gasteiger partial charge < -0.3 is 9.74 Å². The summed E-state index contributed by atoms with van der Waals surface area (Å²) in [5.74, 6) is 5.95. The van der Waals surface area contributed by atoms with Crippen molar-refractivity contribution in [2.24, 2.45) is 5.90 Å². The molecular formula is C9H11ClN2O3. The number of hydrogen-bond donors (Lipinski definition) is 1. The van der Waals surface area contributed by atoms with E-state index in [0.717, 1.165) is 0 Å². The van der Waals surface area contributed by atoms with Gasteiger partial charge in [0, 0.05) is 0 Å². The van der Waals surface area contributed by atoms with Crippen molar-refractivity contribution in [2.75, 3.05) is 5.88 Å². The van der Waals surface area contributed by atoms with E-state index in [0.29, 0.717) is 12.8 Å². The van der Waals surface area contributed by atoms with Crippen LogP contribution < -0.4 is 5.90 Å². The van der Waals surface area contributed by atoms with E-state index in [2.05, 4.69) is 10.8 Å². The molecule has 0 radical (unpaired) electrons. The van der Waals surface area contributed by atoms with Gasteiger partial charge in [0.25, 0.3) is 0 Å². The molecule has 1 aliphatic rings. The van der Waals surface area contributed by atoms with Crippen molar-refractivity contribution in [2.45, 2.75) is 24.9 Å². The summed E-state index contributed by atoms with van der Waals surface area (Å²) in [7, 11) is 0. The third-order valence-electron chi connectivity index (χ3n) is 2.37. The van der Waals surface area contributed by atoms with Crippen molar-refractivity contribution in [3.8, 4) is 12.3 Å². The Labute approximate surface area is 92.4 Å². The molecule has 5 nitrogen and oxygen atoms in total. The van der Waals surface area contributed by atoms with Gasteiger partial charge in [-0.25, -0.2) is 4.79 Å². The van der Waals surface area contributed by atoms with Gasteiger partial charge in [0.15, 0.2) is 0 Å². The van der Waals surface area contributed by atoms with Crippen LogP contribution in [-0.2, 0) is 14.4 Å². The van der Waals surface area contributed by atoms with Crippen LogP contribution in [0.15, 0.2) is 0 Å². The monoisotopic (exact) mass is 230 g/mol. The molecule has 1 fully saturated rings. The molecule has 82 valence electrons. The van der Waals surface area contributed by atoms with Gasteiger partial charge in [-0.3, -0.25) is 4.79 Å². The third-order valence-corrected chi connectivity index (χ3v) is 2.60.